The SMILES string of the molecule is O=C(CN1CCC[C@H]1c1ccc2c(c1)OCCO2)N1CCN(C(=O)c2cccs2)CC1. The molecule has 2 amide bonds. The first-order valence-corrected chi connectivity index (χ1v) is 11.8. The molecule has 5 rings (SSSR count). The first-order valence-electron chi connectivity index (χ1n) is 10.9. The summed E-state index contributed by atoms with van der Waals surface area (Å²) < 4.78 is 11.4. The third kappa shape index (κ3) is 4.27. The van der Waals surface area contributed by atoms with Crippen molar-refractivity contribution in [2.24, 2.45) is 0 Å². The number of amides is 2. The Kier molecular flexibility index (Phi) is 5.82. The van der Waals surface area contributed by atoms with E-state index in [0.29, 0.717) is 45.9 Å². The van der Waals surface area contributed by atoms with Crippen LogP contribution in [0, 0.1) is 0 Å². The largest absolute Gasteiger partial charge is 0.486 e. The summed E-state index contributed by atoms with van der Waals surface area (Å²) >= 11 is 1.46. The first-order chi connectivity index (χ1) is 15.2. The molecule has 0 unspecified atom stereocenters. The lowest BCUT2D eigenvalue weighted by molar-refractivity contribution is -0.134. The number of carbonyl (C=O) groups excluding carboxylic acids is 2. The van der Waals surface area contributed by atoms with Gasteiger partial charge in [0.2, 0.25) is 5.91 Å². The fourth-order valence-corrected chi connectivity index (χ4v) is 5.34. The van der Waals surface area contributed by atoms with Gasteiger partial charge in [-0.15, -0.1) is 11.3 Å². The predicted molar refractivity (Wildman–Crippen MR) is 118 cm³/mol. The number of benzene rings is 1. The molecule has 4 heterocycles. The average molecular weight is 442 g/mol. The molecule has 3 aliphatic heterocycles. The fourth-order valence-electron chi connectivity index (χ4n) is 4.65. The van der Waals surface area contributed by atoms with Crippen molar-refractivity contribution in [1.29, 1.82) is 0 Å². The van der Waals surface area contributed by atoms with Crippen LogP contribution < -0.4 is 9.47 Å². The lowest BCUT2D eigenvalue weighted by Crippen LogP contribution is -2.52. The number of hydrogen-bond acceptors (Lipinski definition) is 6. The van der Waals surface area contributed by atoms with Crippen LogP contribution >= 0.6 is 11.3 Å². The standard InChI is InChI=1S/C23H27N3O4S/c27-22(24-8-10-25(11-9-24)23(28)21-4-2-14-31-21)16-26-7-1-3-18(26)17-5-6-19-20(15-17)30-13-12-29-19/h2,4-6,14-15,18H,1,3,7-13,16H2/t18-/m0/s1. The molecular weight excluding hydrogens is 414 g/mol. The van der Waals surface area contributed by atoms with Crippen LogP contribution in [0.5, 0.6) is 11.5 Å². The summed E-state index contributed by atoms with van der Waals surface area (Å²) in [6.07, 6.45) is 2.12. The van der Waals surface area contributed by atoms with Crippen LogP contribution in [-0.4, -0.2) is 79.0 Å². The van der Waals surface area contributed by atoms with Gasteiger partial charge in [0, 0.05) is 32.2 Å². The molecule has 31 heavy (non-hydrogen) atoms. The van der Waals surface area contributed by atoms with Gasteiger partial charge in [-0.3, -0.25) is 14.5 Å². The van der Waals surface area contributed by atoms with Gasteiger partial charge in [0.25, 0.3) is 5.91 Å². The van der Waals surface area contributed by atoms with Gasteiger partial charge in [-0.25, -0.2) is 0 Å². The van der Waals surface area contributed by atoms with E-state index in [1.165, 1.54) is 16.9 Å². The van der Waals surface area contributed by atoms with E-state index in [-0.39, 0.29) is 17.9 Å². The Morgan fingerprint density at radius 2 is 1.74 bits per heavy atom. The van der Waals surface area contributed by atoms with E-state index in [2.05, 4.69) is 17.0 Å². The second-order valence-corrected chi connectivity index (χ2v) is 9.13. The molecule has 7 nitrogen and oxygen atoms in total. The second kappa shape index (κ2) is 8.88. The Balaban J connectivity index is 1.18. The highest BCUT2D eigenvalue weighted by molar-refractivity contribution is 7.12. The van der Waals surface area contributed by atoms with Crippen LogP contribution in [-0.2, 0) is 4.79 Å². The highest BCUT2D eigenvalue weighted by atomic mass is 32.1. The van der Waals surface area contributed by atoms with Gasteiger partial charge >= 0.3 is 0 Å². The van der Waals surface area contributed by atoms with Gasteiger partial charge in [0.05, 0.1) is 11.4 Å². The first kappa shape index (κ1) is 20.3. The number of piperazine rings is 1. The van der Waals surface area contributed by atoms with E-state index in [9.17, 15) is 9.59 Å². The monoisotopic (exact) mass is 441 g/mol. The molecule has 1 atom stereocenters. The molecule has 2 saturated heterocycles. The van der Waals surface area contributed by atoms with Crippen molar-refractivity contribution in [2.75, 3.05) is 52.5 Å². The molecule has 0 spiro atoms. The molecular formula is C23H27N3O4S. The number of carbonyl (C=O) groups is 2. The highest BCUT2D eigenvalue weighted by Gasteiger charge is 2.31. The number of nitrogens with zero attached hydrogens (tertiary/aromatic N) is 3. The lowest BCUT2D eigenvalue weighted by atomic mass is 10.0. The molecule has 0 N–H and O–H groups in total. The van der Waals surface area contributed by atoms with E-state index in [1.807, 2.05) is 33.4 Å². The summed E-state index contributed by atoms with van der Waals surface area (Å²) in [5, 5.41) is 1.92. The van der Waals surface area contributed by atoms with Gasteiger partial charge in [-0.2, -0.15) is 0 Å². The van der Waals surface area contributed by atoms with E-state index < -0.39 is 0 Å². The molecule has 0 bridgehead atoms. The summed E-state index contributed by atoms with van der Waals surface area (Å²) in [4.78, 5) is 32.3. The predicted octanol–water partition coefficient (Wildman–Crippen LogP) is 2.64. The lowest BCUT2D eigenvalue weighted by Gasteiger charge is -2.36. The van der Waals surface area contributed by atoms with Crippen molar-refractivity contribution in [1.82, 2.24) is 14.7 Å². The van der Waals surface area contributed by atoms with E-state index in [4.69, 9.17) is 9.47 Å². The third-order valence-electron chi connectivity index (χ3n) is 6.30. The van der Waals surface area contributed by atoms with Crippen molar-refractivity contribution in [3.8, 4) is 11.5 Å². The Morgan fingerprint density at radius 1 is 0.968 bits per heavy atom. The minimum Gasteiger partial charge on any atom is -0.486 e. The molecule has 0 saturated carbocycles. The fraction of sp³-hybridized carbons (Fsp3) is 0.478. The van der Waals surface area contributed by atoms with Crippen molar-refractivity contribution in [2.45, 2.75) is 18.9 Å². The van der Waals surface area contributed by atoms with E-state index >= 15 is 0 Å². The number of fused-ring (bicyclic) bond motifs is 1. The maximum Gasteiger partial charge on any atom is 0.264 e. The van der Waals surface area contributed by atoms with Crippen molar-refractivity contribution in [3.63, 3.8) is 0 Å². The number of likely N-dealkylation sites (tertiary alicyclic amines) is 1. The molecule has 8 heteroatoms. The maximum atomic E-state index is 13.0. The topological polar surface area (TPSA) is 62.3 Å². The van der Waals surface area contributed by atoms with Crippen molar-refractivity contribution >= 4 is 23.2 Å². The summed E-state index contributed by atoms with van der Waals surface area (Å²) in [6, 6.07) is 10.1. The van der Waals surface area contributed by atoms with Gasteiger partial charge in [0.1, 0.15) is 13.2 Å². The molecule has 1 aromatic heterocycles. The minimum absolute atomic E-state index is 0.0697. The molecule has 164 valence electrons. The Morgan fingerprint density at radius 3 is 2.52 bits per heavy atom. The second-order valence-electron chi connectivity index (χ2n) is 8.18. The van der Waals surface area contributed by atoms with Crippen LogP contribution in [0.25, 0.3) is 0 Å². The van der Waals surface area contributed by atoms with Crippen molar-refractivity contribution < 1.29 is 19.1 Å². The number of hydrogen-bond donors (Lipinski definition) is 0. The Labute approximate surface area is 186 Å². The minimum atomic E-state index is 0.0697. The van der Waals surface area contributed by atoms with Crippen molar-refractivity contribution in [3.05, 3.63) is 46.2 Å². The summed E-state index contributed by atoms with van der Waals surface area (Å²) in [5.74, 6) is 1.81. The zero-order valence-corrected chi connectivity index (χ0v) is 18.3. The summed E-state index contributed by atoms with van der Waals surface area (Å²) in [5.41, 5.74) is 1.18. The summed E-state index contributed by atoms with van der Waals surface area (Å²) in [7, 11) is 0. The number of ether oxygens (including phenoxy) is 2. The van der Waals surface area contributed by atoms with Gasteiger partial charge in [-0.1, -0.05) is 12.1 Å². The van der Waals surface area contributed by atoms with Gasteiger partial charge in [-0.05, 0) is 48.5 Å². The highest BCUT2D eigenvalue weighted by Crippen LogP contribution is 2.38. The van der Waals surface area contributed by atoms with Crippen LogP contribution in [0.2, 0.25) is 0 Å². The van der Waals surface area contributed by atoms with Gasteiger partial charge in [0.15, 0.2) is 11.5 Å². The van der Waals surface area contributed by atoms with Crippen LogP contribution in [0.1, 0.15) is 34.1 Å². The average Bonchev–Trinajstić information content (AvgIpc) is 3.51. The summed E-state index contributed by atoms with van der Waals surface area (Å²) in [6.45, 7) is 4.87. The Hall–Kier alpha value is -2.58. The Bertz CT molecular complexity index is 940. The van der Waals surface area contributed by atoms with E-state index in [0.717, 1.165) is 35.8 Å². The molecule has 2 aromatic rings. The van der Waals surface area contributed by atoms with Crippen LogP contribution in [0.15, 0.2) is 35.7 Å². The maximum absolute atomic E-state index is 13.0. The number of rotatable bonds is 4. The van der Waals surface area contributed by atoms with Crippen LogP contribution in [0.3, 0.4) is 0 Å². The molecule has 0 aliphatic carbocycles. The molecule has 3 aliphatic rings. The molecule has 2 fully saturated rings. The van der Waals surface area contributed by atoms with E-state index in [1.54, 1.807) is 0 Å². The quantitative estimate of drug-likeness (QED) is 0.730. The molecule has 1 aromatic carbocycles. The normalized spacial score (nSPS) is 21.4. The molecule has 0 radical (unpaired) electrons. The van der Waals surface area contributed by atoms with Crippen LogP contribution in [0.4, 0.5) is 0 Å². The number of thiophene rings is 1. The third-order valence-corrected chi connectivity index (χ3v) is 7.16. The van der Waals surface area contributed by atoms with Gasteiger partial charge < -0.3 is 19.3 Å². The smallest absolute Gasteiger partial charge is 0.264 e. The zero-order chi connectivity index (χ0) is 21.2. The zero-order valence-electron chi connectivity index (χ0n) is 17.5.